The minimum Gasteiger partial charge on any atom is -0.506 e. The van der Waals surface area contributed by atoms with Crippen molar-refractivity contribution in [2.75, 3.05) is 5.32 Å². The van der Waals surface area contributed by atoms with Crippen LogP contribution in [0.3, 0.4) is 0 Å². The number of aromatic hydroxyl groups is 1. The number of anilines is 2. The summed E-state index contributed by atoms with van der Waals surface area (Å²) >= 11 is 0. The van der Waals surface area contributed by atoms with E-state index in [1.807, 2.05) is 0 Å². The molecule has 0 spiro atoms. The van der Waals surface area contributed by atoms with Crippen LogP contribution >= 0.6 is 0 Å². The molecular weight excluding hydrogens is 326 g/mol. The van der Waals surface area contributed by atoms with Gasteiger partial charge in [-0.25, -0.2) is 8.78 Å². The second-order valence-electron chi connectivity index (χ2n) is 5.43. The van der Waals surface area contributed by atoms with Gasteiger partial charge in [0.1, 0.15) is 34.1 Å². The standard InChI is InChI=1S/C18H12F2N4O/c19-11-5-7-15-16(9-11)23-24(22-15)17-8-6-12(10-18(17)25)21-14-4-2-1-3-13(14)20/h1-10,21,25H. The molecule has 0 radical (unpaired) electrons. The average molecular weight is 338 g/mol. The third kappa shape index (κ3) is 2.87. The van der Waals surface area contributed by atoms with Gasteiger partial charge >= 0.3 is 0 Å². The molecule has 5 nitrogen and oxygen atoms in total. The normalized spacial score (nSPS) is 11.0. The van der Waals surface area contributed by atoms with Crippen LogP contribution in [0.4, 0.5) is 20.2 Å². The number of benzene rings is 3. The maximum Gasteiger partial charge on any atom is 0.146 e. The smallest absolute Gasteiger partial charge is 0.146 e. The summed E-state index contributed by atoms with van der Waals surface area (Å²) in [7, 11) is 0. The number of nitrogens with one attached hydrogen (secondary N) is 1. The Kier molecular flexibility index (Phi) is 3.53. The van der Waals surface area contributed by atoms with Crippen molar-refractivity contribution < 1.29 is 13.9 Å². The number of hydrogen-bond donors (Lipinski definition) is 2. The Morgan fingerprint density at radius 2 is 1.68 bits per heavy atom. The first-order chi connectivity index (χ1) is 12.1. The Balaban J connectivity index is 1.68. The zero-order valence-electron chi connectivity index (χ0n) is 12.8. The molecule has 1 aromatic heterocycles. The number of halogens is 2. The van der Waals surface area contributed by atoms with Crippen molar-refractivity contribution in [1.82, 2.24) is 15.0 Å². The summed E-state index contributed by atoms with van der Waals surface area (Å²) in [5, 5.41) is 21.5. The first-order valence-electron chi connectivity index (χ1n) is 7.48. The van der Waals surface area contributed by atoms with E-state index in [2.05, 4.69) is 15.5 Å². The van der Waals surface area contributed by atoms with Crippen molar-refractivity contribution in [3.63, 3.8) is 0 Å². The molecule has 0 amide bonds. The molecule has 4 rings (SSSR count). The molecule has 3 aromatic carbocycles. The van der Waals surface area contributed by atoms with Gasteiger partial charge in [-0.1, -0.05) is 12.1 Å². The lowest BCUT2D eigenvalue weighted by Gasteiger charge is -2.09. The molecule has 4 aromatic rings. The molecule has 0 aliphatic heterocycles. The Bertz CT molecular complexity index is 1080. The summed E-state index contributed by atoms with van der Waals surface area (Å²) < 4.78 is 26.9. The third-order valence-electron chi connectivity index (χ3n) is 3.69. The topological polar surface area (TPSA) is 63.0 Å². The minimum atomic E-state index is -0.409. The van der Waals surface area contributed by atoms with Crippen molar-refractivity contribution in [2.45, 2.75) is 0 Å². The van der Waals surface area contributed by atoms with E-state index in [1.54, 1.807) is 30.3 Å². The van der Waals surface area contributed by atoms with E-state index in [4.69, 9.17) is 0 Å². The highest BCUT2D eigenvalue weighted by Gasteiger charge is 2.11. The highest BCUT2D eigenvalue weighted by Crippen LogP contribution is 2.28. The molecule has 2 N–H and O–H groups in total. The highest BCUT2D eigenvalue weighted by molar-refractivity contribution is 5.74. The fraction of sp³-hybridized carbons (Fsp3) is 0. The number of nitrogens with zero attached hydrogens (tertiary/aromatic N) is 3. The van der Waals surface area contributed by atoms with E-state index in [0.29, 0.717) is 28.1 Å². The van der Waals surface area contributed by atoms with Crippen LogP contribution in [-0.4, -0.2) is 20.1 Å². The van der Waals surface area contributed by atoms with Crippen molar-refractivity contribution in [1.29, 1.82) is 0 Å². The SMILES string of the molecule is Oc1cc(Nc2ccccc2F)ccc1-n1nc2ccc(F)cc2n1. The Morgan fingerprint density at radius 1 is 0.880 bits per heavy atom. The molecule has 0 saturated carbocycles. The molecule has 0 aliphatic rings. The summed E-state index contributed by atoms with van der Waals surface area (Å²) in [6, 6.07) is 15.0. The maximum atomic E-state index is 13.7. The predicted molar refractivity (Wildman–Crippen MR) is 90.2 cm³/mol. The van der Waals surface area contributed by atoms with Gasteiger partial charge in [0.05, 0.1) is 5.69 Å². The fourth-order valence-electron chi connectivity index (χ4n) is 2.48. The largest absolute Gasteiger partial charge is 0.506 e. The summed E-state index contributed by atoms with van der Waals surface area (Å²) in [5.74, 6) is -0.900. The van der Waals surface area contributed by atoms with Crippen molar-refractivity contribution in [3.05, 3.63) is 72.3 Å². The summed E-state index contributed by atoms with van der Waals surface area (Å²) in [5.41, 5.74) is 2.03. The molecule has 0 fully saturated rings. The van der Waals surface area contributed by atoms with Crippen LogP contribution in [0.1, 0.15) is 0 Å². The lowest BCUT2D eigenvalue weighted by atomic mass is 10.2. The molecule has 0 aliphatic carbocycles. The summed E-state index contributed by atoms with van der Waals surface area (Å²) in [6.45, 7) is 0. The lowest BCUT2D eigenvalue weighted by Crippen LogP contribution is -2.00. The van der Waals surface area contributed by atoms with E-state index in [1.165, 1.54) is 35.1 Å². The Morgan fingerprint density at radius 3 is 2.48 bits per heavy atom. The number of phenolic OH excluding ortho intramolecular Hbond substituents is 1. The van der Waals surface area contributed by atoms with Crippen LogP contribution in [0.2, 0.25) is 0 Å². The van der Waals surface area contributed by atoms with Crippen molar-refractivity contribution in [3.8, 4) is 11.4 Å². The lowest BCUT2D eigenvalue weighted by molar-refractivity contribution is 0.468. The minimum absolute atomic E-state index is 0.0953. The monoisotopic (exact) mass is 338 g/mol. The van der Waals surface area contributed by atoms with Gasteiger partial charge in [0.25, 0.3) is 0 Å². The van der Waals surface area contributed by atoms with Crippen LogP contribution in [-0.2, 0) is 0 Å². The Labute approximate surface area is 141 Å². The summed E-state index contributed by atoms with van der Waals surface area (Å²) in [6.07, 6.45) is 0. The van der Waals surface area contributed by atoms with E-state index in [-0.39, 0.29) is 5.75 Å². The van der Waals surface area contributed by atoms with Gasteiger partial charge in [0.2, 0.25) is 0 Å². The van der Waals surface area contributed by atoms with Gasteiger partial charge in [-0.3, -0.25) is 0 Å². The van der Waals surface area contributed by atoms with Crippen LogP contribution in [0.15, 0.2) is 60.7 Å². The number of phenols is 1. The van der Waals surface area contributed by atoms with Crippen molar-refractivity contribution in [2.24, 2.45) is 0 Å². The first kappa shape index (κ1) is 15.1. The zero-order valence-corrected chi connectivity index (χ0v) is 12.8. The van der Waals surface area contributed by atoms with Crippen LogP contribution in [0, 0.1) is 11.6 Å². The molecule has 7 heteroatoms. The van der Waals surface area contributed by atoms with E-state index < -0.39 is 11.6 Å². The van der Waals surface area contributed by atoms with Crippen LogP contribution in [0.25, 0.3) is 16.7 Å². The number of para-hydroxylation sites is 1. The van der Waals surface area contributed by atoms with Gasteiger partial charge in [0, 0.05) is 17.8 Å². The summed E-state index contributed by atoms with van der Waals surface area (Å²) in [4.78, 5) is 1.23. The maximum absolute atomic E-state index is 13.7. The Hall–Kier alpha value is -3.48. The number of rotatable bonds is 3. The predicted octanol–water partition coefficient (Wildman–Crippen LogP) is 4.15. The van der Waals surface area contributed by atoms with E-state index in [0.717, 1.165) is 0 Å². The third-order valence-corrected chi connectivity index (χ3v) is 3.69. The van der Waals surface area contributed by atoms with Gasteiger partial charge in [-0.15, -0.1) is 15.0 Å². The molecule has 124 valence electrons. The number of hydrogen-bond acceptors (Lipinski definition) is 4. The van der Waals surface area contributed by atoms with Gasteiger partial charge in [-0.2, -0.15) is 0 Å². The number of fused-ring (bicyclic) bond motifs is 1. The van der Waals surface area contributed by atoms with E-state index >= 15 is 0 Å². The van der Waals surface area contributed by atoms with Crippen LogP contribution < -0.4 is 5.32 Å². The van der Waals surface area contributed by atoms with Gasteiger partial charge in [0.15, 0.2) is 0 Å². The second-order valence-corrected chi connectivity index (χ2v) is 5.43. The van der Waals surface area contributed by atoms with Crippen molar-refractivity contribution >= 4 is 22.4 Å². The van der Waals surface area contributed by atoms with Gasteiger partial charge < -0.3 is 10.4 Å². The molecule has 0 saturated heterocycles. The molecular formula is C18H12F2N4O. The first-order valence-corrected chi connectivity index (χ1v) is 7.48. The molecule has 1 heterocycles. The number of aromatic nitrogens is 3. The quantitative estimate of drug-likeness (QED) is 0.589. The molecule has 0 unspecified atom stereocenters. The fourth-order valence-corrected chi connectivity index (χ4v) is 2.48. The molecule has 0 bridgehead atoms. The molecule has 0 atom stereocenters. The van der Waals surface area contributed by atoms with E-state index in [9.17, 15) is 13.9 Å². The highest BCUT2D eigenvalue weighted by atomic mass is 19.1. The van der Waals surface area contributed by atoms with Crippen LogP contribution in [0.5, 0.6) is 5.75 Å². The molecule has 25 heavy (non-hydrogen) atoms. The average Bonchev–Trinajstić information content (AvgIpc) is 3.00. The zero-order chi connectivity index (χ0) is 17.4. The second kappa shape index (κ2) is 5.86. The van der Waals surface area contributed by atoms with Gasteiger partial charge in [-0.05, 0) is 36.4 Å².